The highest BCUT2D eigenvalue weighted by atomic mass is 14.5. The van der Waals surface area contributed by atoms with Crippen LogP contribution < -0.4 is 5.73 Å². The maximum absolute atomic E-state index is 5.28. The second-order valence-electron chi connectivity index (χ2n) is 2.88. The molecule has 1 nitrogen and oxygen atoms in total. The van der Waals surface area contributed by atoms with E-state index < -0.39 is 0 Å². The minimum Gasteiger partial charge on any atom is -0.320 e. The van der Waals surface area contributed by atoms with Gasteiger partial charge in [-0.1, -0.05) is 17.9 Å². The van der Waals surface area contributed by atoms with Crippen molar-refractivity contribution >= 4 is 0 Å². The van der Waals surface area contributed by atoms with Gasteiger partial charge in [-0.2, -0.15) is 0 Å². The lowest BCUT2D eigenvalue weighted by Crippen LogP contribution is -1.93. The molecule has 1 rings (SSSR count). The van der Waals surface area contributed by atoms with Crippen LogP contribution in [0, 0.1) is 25.7 Å². The fourth-order valence-electron chi connectivity index (χ4n) is 1.20. The molecule has 0 atom stereocenters. The van der Waals surface area contributed by atoms with E-state index in [2.05, 4.69) is 43.9 Å². The van der Waals surface area contributed by atoms with E-state index in [0.717, 1.165) is 5.56 Å². The van der Waals surface area contributed by atoms with Gasteiger partial charge in [0.15, 0.2) is 0 Å². The predicted octanol–water partition coefficient (Wildman–Crippen LogP) is 1.61. The normalized spacial score (nSPS) is 8.92. The van der Waals surface area contributed by atoms with Gasteiger partial charge in [0.1, 0.15) is 0 Å². The van der Waals surface area contributed by atoms with Gasteiger partial charge in [-0.25, -0.2) is 0 Å². The molecule has 0 aliphatic carbocycles. The Balaban J connectivity index is 3.01. The second kappa shape index (κ2) is 3.94. The Kier molecular flexibility index (Phi) is 2.90. The minimum absolute atomic E-state index is 0.424. The van der Waals surface area contributed by atoms with E-state index in [-0.39, 0.29) is 0 Å². The summed E-state index contributed by atoms with van der Waals surface area (Å²) in [7, 11) is 0. The fourth-order valence-corrected chi connectivity index (χ4v) is 1.20. The number of rotatable bonds is 0. The quantitative estimate of drug-likeness (QED) is 0.572. The first-order valence-corrected chi connectivity index (χ1v) is 3.99. The third-order valence-corrected chi connectivity index (χ3v) is 1.56. The van der Waals surface area contributed by atoms with E-state index in [1.165, 1.54) is 11.1 Å². The molecule has 12 heavy (non-hydrogen) atoms. The van der Waals surface area contributed by atoms with E-state index in [9.17, 15) is 0 Å². The number of benzene rings is 1. The van der Waals surface area contributed by atoms with Crippen LogP contribution in [0.15, 0.2) is 18.2 Å². The van der Waals surface area contributed by atoms with Crippen LogP contribution in [0.5, 0.6) is 0 Å². The standard InChI is InChI=1S/C11H13N/c1-9-6-10(2)8-11(7-9)4-3-5-12/h6-8H,5,12H2,1-2H3. The van der Waals surface area contributed by atoms with Crippen molar-refractivity contribution in [2.24, 2.45) is 5.73 Å². The van der Waals surface area contributed by atoms with Crippen LogP contribution in [0.25, 0.3) is 0 Å². The summed E-state index contributed by atoms with van der Waals surface area (Å²) < 4.78 is 0. The lowest BCUT2D eigenvalue weighted by Gasteiger charge is -1.97. The van der Waals surface area contributed by atoms with Gasteiger partial charge in [0, 0.05) is 5.56 Å². The van der Waals surface area contributed by atoms with Gasteiger partial charge in [-0.3, -0.25) is 0 Å². The lowest BCUT2D eigenvalue weighted by molar-refractivity contribution is 1.30. The molecule has 0 aliphatic heterocycles. The van der Waals surface area contributed by atoms with Gasteiger partial charge in [0.2, 0.25) is 0 Å². The third-order valence-electron chi connectivity index (χ3n) is 1.56. The summed E-state index contributed by atoms with van der Waals surface area (Å²) in [5.74, 6) is 5.85. The topological polar surface area (TPSA) is 26.0 Å². The smallest absolute Gasteiger partial charge is 0.0555 e. The maximum atomic E-state index is 5.28. The van der Waals surface area contributed by atoms with Crippen LogP contribution >= 0.6 is 0 Å². The zero-order valence-corrected chi connectivity index (χ0v) is 7.52. The molecule has 0 unspecified atom stereocenters. The molecule has 0 amide bonds. The van der Waals surface area contributed by atoms with Crippen molar-refractivity contribution in [2.45, 2.75) is 13.8 Å². The lowest BCUT2D eigenvalue weighted by atomic mass is 10.1. The molecule has 1 aromatic carbocycles. The van der Waals surface area contributed by atoms with E-state index in [4.69, 9.17) is 5.73 Å². The molecule has 1 aromatic rings. The molecule has 0 aliphatic rings. The number of nitrogens with two attached hydrogens (primary N) is 1. The Bertz CT molecular complexity index is 308. The maximum Gasteiger partial charge on any atom is 0.0555 e. The predicted molar refractivity (Wildman–Crippen MR) is 51.8 cm³/mol. The molecule has 0 saturated carbocycles. The first-order chi connectivity index (χ1) is 5.72. The van der Waals surface area contributed by atoms with Gasteiger partial charge in [0.05, 0.1) is 6.54 Å². The van der Waals surface area contributed by atoms with Crippen molar-refractivity contribution in [3.05, 3.63) is 34.9 Å². The van der Waals surface area contributed by atoms with E-state index in [0.29, 0.717) is 6.54 Å². The summed E-state index contributed by atoms with van der Waals surface area (Å²) in [5.41, 5.74) is 8.83. The Morgan fingerprint density at radius 1 is 1.17 bits per heavy atom. The van der Waals surface area contributed by atoms with Crippen molar-refractivity contribution in [1.29, 1.82) is 0 Å². The molecular weight excluding hydrogens is 146 g/mol. The number of hydrogen-bond donors (Lipinski definition) is 1. The molecule has 0 radical (unpaired) electrons. The summed E-state index contributed by atoms with van der Waals surface area (Å²) in [6.07, 6.45) is 0. The SMILES string of the molecule is Cc1cc(C)cc(C#CCN)c1. The Morgan fingerprint density at radius 3 is 2.25 bits per heavy atom. The fraction of sp³-hybridized carbons (Fsp3) is 0.273. The van der Waals surface area contributed by atoms with Crippen molar-refractivity contribution in [3.63, 3.8) is 0 Å². The van der Waals surface area contributed by atoms with Crippen molar-refractivity contribution < 1.29 is 0 Å². The highest BCUT2D eigenvalue weighted by Crippen LogP contribution is 2.06. The molecule has 62 valence electrons. The van der Waals surface area contributed by atoms with Crippen LogP contribution in [0.1, 0.15) is 16.7 Å². The average Bonchev–Trinajstić information content (AvgIpc) is 1.99. The summed E-state index contributed by atoms with van der Waals surface area (Å²) >= 11 is 0. The molecule has 0 bridgehead atoms. The van der Waals surface area contributed by atoms with E-state index in [1.54, 1.807) is 0 Å². The van der Waals surface area contributed by atoms with Crippen LogP contribution in [-0.4, -0.2) is 6.54 Å². The van der Waals surface area contributed by atoms with Gasteiger partial charge in [-0.05, 0) is 37.1 Å². The van der Waals surface area contributed by atoms with Gasteiger partial charge >= 0.3 is 0 Å². The van der Waals surface area contributed by atoms with Crippen molar-refractivity contribution in [1.82, 2.24) is 0 Å². The largest absolute Gasteiger partial charge is 0.320 e. The number of hydrogen-bond acceptors (Lipinski definition) is 1. The average molecular weight is 159 g/mol. The first-order valence-electron chi connectivity index (χ1n) is 3.99. The summed E-state index contributed by atoms with van der Waals surface area (Å²) in [6, 6.07) is 6.26. The van der Waals surface area contributed by atoms with Crippen LogP contribution in [0.4, 0.5) is 0 Å². The molecule has 0 aromatic heterocycles. The van der Waals surface area contributed by atoms with E-state index >= 15 is 0 Å². The molecule has 0 spiro atoms. The van der Waals surface area contributed by atoms with E-state index in [1.807, 2.05) is 0 Å². The Labute approximate surface area is 73.6 Å². The molecule has 1 heteroatoms. The Hall–Kier alpha value is -1.26. The van der Waals surface area contributed by atoms with Crippen LogP contribution in [-0.2, 0) is 0 Å². The molecule has 0 saturated heterocycles. The summed E-state index contributed by atoms with van der Waals surface area (Å²) in [4.78, 5) is 0. The van der Waals surface area contributed by atoms with Crippen LogP contribution in [0.2, 0.25) is 0 Å². The second-order valence-corrected chi connectivity index (χ2v) is 2.88. The summed E-state index contributed by atoms with van der Waals surface area (Å²) in [5, 5.41) is 0. The van der Waals surface area contributed by atoms with Gasteiger partial charge in [-0.15, -0.1) is 0 Å². The van der Waals surface area contributed by atoms with Gasteiger partial charge in [0.25, 0.3) is 0 Å². The van der Waals surface area contributed by atoms with Crippen LogP contribution in [0.3, 0.4) is 0 Å². The molecule has 0 heterocycles. The van der Waals surface area contributed by atoms with Crippen molar-refractivity contribution in [3.8, 4) is 11.8 Å². The molecule has 2 N–H and O–H groups in total. The third kappa shape index (κ3) is 2.41. The Morgan fingerprint density at radius 2 is 1.75 bits per heavy atom. The zero-order valence-electron chi connectivity index (χ0n) is 7.52. The van der Waals surface area contributed by atoms with Crippen molar-refractivity contribution in [2.75, 3.05) is 6.54 Å². The summed E-state index contributed by atoms with van der Waals surface area (Å²) in [6.45, 7) is 4.56. The highest BCUT2D eigenvalue weighted by Gasteiger charge is 1.90. The zero-order chi connectivity index (χ0) is 8.97. The monoisotopic (exact) mass is 159 g/mol. The number of aryl methyl sites for hydroxylation is 2. The molecule has 0 fully saturated rings. The first kappa shape index (κ1) is 8.83. The highest BCUT2D eigenvalue weighted by molar-refractivity contribution is 5.39. The molecular formula is C11H13N. The minimum atomic E-state index is 0.424. The van der Waals surface area contributed by atoms with Gasteiger partial charge < -0.3 is 5.73 Å².